The van der Waals surface area contributed by atoms with Gasteiger partial charge in [0.2, 0.25) is 11.8 Å². The average molecular weight is 351 g/mol. The zero-order valence-electron chi connectivity index (χ0n) is 14.5. The summed E-state index contributed by atoms with van der Waals surface area (Å²) >= 11 is 1.23. The summed E-state index contributed by atoms with van der Waals surface area (Å²) in [4.78, 5) is 14.0. The minimum Gasteiger partial charge on any atom is -0.415 e. The van der Waals surface area contributed by atoms with E-state index in [4.69, 9.17) is 4.42 Å². The maximum Gasteiger partial charge on any atom is 0.277 e. The summed E-state index contributed by atoms with van der Waals surface area (Å²) in [6, 6.07) is 6.23. The predicted molar refractivity (Wildman–Crippen MR) is 91.2 cm³/mol. The molecule has 2 rings (SSSR count). The number of thioether (sulfide) groups is 1. The topological polar surface area (TPSA) is 59.2 Å². The van der Waals surface area contributed by atoms with Crippen LogP contribution in [0, 0.1) is 5.82 Å². The van der Waals surface area contributed by atoms with Gasteiger partial charge in [-0.3, -0.25) is 4.79 Å². The van der Waals surface area contributed by atoms with E-state index < -0.39 is 0 Å². The van der Waals surface area contributed by atoms with E-state index in [1.807, 2.05) is 20.8 Å². The highest BCUT2D eigenvalue weighted by atomic mass is 32.2. The average Bonchev–Trinajstić information content (AvgIpc) is 2.95. The van der Waals surface area contributed by atoms with Gasteiger partial charge in [-0.25, -0.2) is 4.39 Å². The highest BCUT2D eigenvalue weighted by Crippen LogP contribution is 2.27. The Labute approximate surface area is 145 Å². The highest BCUT2D eigenvalue weighted by molar-refractivity contribution is 8.00. The van der Waals surface area contributed by atoms with Crippen molar-refractivity contribution in [1.82, 2.24) is 15.1 Å². The Morgan fingerprint density at radius 1 is 1.38 bits per heavy atom. The number of halogens is 1. The molecule has 0 aliphatic carbocycles. The van der Waals surface area contributed by atoms with E-state index in [0.29, 0.717) is 17.7 Å². The van der Waals surface area contributed by atoms with E-state index >= 15 is 0 Å². The Balaban J connectivity index is 1.97. The van der Waals surface area contributed by atoms with E-state index in [9.17, 15) is 9.18 Å². The molecule has 0 aliphatic heterocycles. The summed E-state index contributed by atoms with van der Waals surface area (Å²) in [6.45, 7) is 8.08. The van der Waals surface area contributed by atoms with Gasteiger partial charge in [-0.1, -0.05) is 44.7 Å². The normalized spacial score (nSPS) is 12.9. The van der Waals surface area contributed by atoms with E-state index in [1.54, 1.807) is 31.0 Å². The molecule has 0 aliphatic rings. The van der Waals surface area contributed by atoms with Gasteiger partial charge in [-0.05, 0) is 24.6 Å². The van der Waals surface area contributed by atoms with Gasteiger partial charge in [-0.2, -0.15) is 0 Å². The first-order valence-corrected chi connectivity index (χ1v) is 8.55. The van der Waals surface area contributed by atoms with E-state index in [-0.39, 0.29) is 22.4 Å². The van der Waals surface area contributed by atoms with Gasteiger partial charge in [0.1, 0.15) is 5.82 Å². The SMILES string of the molecule is CC(Sc1nnc(C(C)(C)C)o1)C(=O)N(C)Cc1cccc(F)c1. The minimum absolute atomic E-state index is 0.0835. The van der Waals surface area contributed by atoms with Gasteiger partial charge < -0.3 is 9.32 Å². The molecule has 1 aromatic carbocycles. The van der Waals surface area contributed by atoms with Crippen molar-refractivity contribution in [2.24, 2.45) is 0 Å². The Bertz CT molecular complexity index is 712. The molecule has 7 heteroatoms. The Morgan fingerprint density at radius 2 is 2.08 bits per heavy atom. The number of carbonyl (C=O) groups is 1. The Hall–Kier alpha value is -1.89. The predicted octanol–water partition coefficient (Wildman–Crippen LogP) is 3.65. The van der Waals surface area contributed by atoms with Crippen LogP contribution in [0.4, 0.5) is 4.39 Å². The molecule has 130 valence electrons. The fourth-order valence-corrected chi connectivity index (χ4v) is 2.86. The summed E-state index contributed by atoms with van der Waals surface area (Å²) in [5, 5.41) is 8.00. The molecule has 2 aromatic rings. The summed E-state index contributed by atoms with van der Waals surface area (Å²) in [6.07, 6.45) is 0. The van der Waals surface area contributed by atoms with Crippen LogP contribution in [-0.2, 0) is 16.8 Å². The second-order valence-electron chi connectivity index (χ2n) is 6.71. The molecule has 0 fully saturated rings. The molecule has 0 saturated heterocycles. The molecule has 0 radical (unpaired) electrons. The van der Waals surface area contributed by atoms with Crippen LogP contribution in [0.1, 0.15) is 39.1 Å². The standard InChI is InChI=1S/C17H22FN3O2S/c1-11(24-16-20-19-15(23-16)17(2,3)4)14(22)21(5)10-12-7-6-8-13(18)9-12/h6-9,11H,10H2,1-5H3. The van der Waals surface area contributed by atoms with Crippen molar-refractivity contribution in [1.29, 1.82) is 0 Å². The van der Waals surface area contributed by atoms with Crippen LogP contribution in [-0.4, -0.2) is 33.3 Å². The molecule has 1 amide bonds. The Morgan fingerprint density at radius 3 is 2.67 bits per heavy atom. The van der Waals surface area contributed by atoms with Crippen molar-refractivity contribution in [3.63, 3.8) is 0 Å². The molecule has 1 aromatic heterocycles. The number of rotatable bonds is 5. The maximum atomic E-state index is 13.2. The van der Waals surface area contributed by atoms with Crippen molar-refractivity contribution in [2.45, 2.75) is 50.1 Å². The number of hydrogen-bond donors (Lipinski definition) is 0. The fraction of sp³-hybridized carbons (Fsp3) is 0.471. The highest BCUT2D eigenvalue weighted by Gasteiger charge is 2.25. The third kappa shape index (κ3) is 4.80. The van der Waals surface area contributed by atoms with Gasteiger partial charge in [0.15, 0.2) is 0 Å². The smallest absolute Gasteiger partial charge is 0.277 e. The number of carbonyl (C=O) groups excluding carboxylic acids is 1. The van der Waals surface area contributed by atoms with E-state index in [0.717, 1.165) is 5.56 Å². The first kappa shape index (κ1) is 18.4. The van der Waals surface area contributed by atoms with Gasteiger partial charge >= 0.3 is 0 Å². The number of nitrogens with zero attached hydrogens (tertiary/aromatic N) is 3. The first-order chi connectivity index (χ1) is 11.2. The fourth-order valence-electron chi connectivity index (χ4n) is 2.06. The second-order valence-corrected chi connectivity index (χ2v) is 8.00. The van der Waals surface area contributed by atoms with Crippen molar-refractivity contribution >= 4 is 17.7 Å². The monoisotopic (exact) mass is 351 g/mol. The van der Waals surface area contributed by atoms with Crippen LogP contribution in [0.25, 0.3) is 0 Å². The molecular weight excluding hydrogens is 329 g/mol. The van der Waals surface area contributed by atoms with Gasteiger partial charge in [0.25, 0.3) is 5.22 Å². The third-order valence-corrected chi connectivity index (χ3v) is 4.28. The number of benzene rings is 1. The molecule has 24 heavy (non-hydrogen) atoms. The van der Waals surface area contributed by atoms with Crippen LogP contribution in [0.5, 0.6) is 0 Å². The lowest BCUT2D eigenvalue weighted by atomic mass is 9.97. The quantitative estimate of drug-likeness (QED) is 0.770. The lowest BCUT2D eigenvalue weighted by Gasteiger charge is -2.20. The number of amides is 1. The second kappa shape index (κ2) is 7.34. The zero-order chi connectivity index (χ0) is 17.9. The van der Waals surface area contributed by atoms with Crippen molar-refractivity contribution in [3.05, 3.63) is 41.5 Å². The summed E-state index contributed by atoms with van der Waals surface area (Å²) in [5.74, 6) is 0.147. The van der Waals surface area contributed by atoms with Crippen LogP contribution in [0.3, 0.4) is 0 Å². The van der Waals surface area contributed by atoms with Crippen LogP contribution in [0.15, 0.2) is 33.9 Å². The Kier molecular flexibility index (Phi) is 5.64. The van der Waals surface area contributed by atoms with E-state index in [1.165, 1.54) is 23.9 Å². The minimum atomic E-state index is -0.378. The molecule has 0 bridgehead atoms. The lowest BCUT2D eigenvalue weighted by Crippen LogP contribution is -2.32. The largest absolute Gasteiger partial charge is 0.415 e. The molecule has 1 heterocycles. The summed E-state index contributed by atoms with van der Waals surface area (Å²) in [5.41, 5.74) is 0.517. The maximum absolute atomic E-state index is 13.2. The van der Waals surface area contributed by atoms with Gasteiger partial charge in [0.05, 0.1) is 5.25 Å². The van der Waals surface area contributed by atoms with Gasteiger partial charge in [0, 0.05) is 19.0 Å². The van der Waals surface area contributed by atoms with E-state index in [2.05, 4.69) is 10.2 Å². The summed E-state index contributed by atoms with van der Waals surface area (Å²) < 4.78 is 18.8. The van der Waals surface area contributed by atoms with Crippen LogP contribution >= 0.6 is 11.8 Å². The molecule has 1 atom stereocenters. The van der Waals surface area contributed by atoms with Crippen LogP contribution in [0.2, 0.25) is 0 Å². The molecular formula is C17H22FN3O2S. The zero-order valence-corrected chi connectivity index (χ0v) is 15.4. The molecule has 0 spiro atoms. The number of hydrogen-bond acceptors (Lipinski definition) is 5. The lowest BCUT2D eigenvalue weighted by molar-refractivity contribution is -0.129. The van der Waals surface area contributed by atoms with Crippen molar-refractivity contribution in [2.75, 3.05) is 7.05 Å². The third-order valence-electron chi connectivity index (χ3n) is 3.36. The van der Waals surface area contributed by atoms with Gasteiger partial charge in [-0.15, -0.1) is 10.2 Å². The molecule has 1 unspecified atom stereocenters. The van der Waals surface area contributed by atoms with Crippen molar-refractivity contribution < 1.29 is 13.6 Å². The summed E-state index contributed by atoms with van der Waals surface area (Å²) in [7, 11) is 1.69. The molecule has 0 N–H and O–H groups in total. The molecule has 0 saturated carbocycles. The van der Waals surface area contributed by atoms with Crippen LogP contribution < -0.4 is 0 Å². The molecule has 5 nitrogen and oxygen atoms in total. The number of aromatic nitrogens is 2. The van der Waals surface area contributed by atoms with Crippen molar-refractivity contribution in [3.8, 4) is 0 Å². The first-order valence-electron chi connectivity index (χ1n) is 7.67.